The predicted molar refractivity (Wildman–Crippen MR) is 168 cm³/mol. The Morgan fingerprint density at radius 3 is 1.61 bits per heavy atom. The molecule has 222 valence electrons. The molecule has 1 aromatic rings. The summed E-state index contributed by atoms with van der Waals surface area (Å²) in [7, 11) is 0. The van der Waals surface area contributed by atoms with E-state index in [1.54, 1.807) is 0 Å². The Morgan fingerprint density at radius 2 is 1.24 bits per heavy atom. The highest BCUT2D eigenvalue weighted by Gasteiger charge is 2.15. The van der Waals surface area contributed by atoms with Crippen molar-refractivity contribution in [2.24, 2.45) is 22.9 Å². The zero-order chi connectivity index (χ0) is 26.8. The smallest absolute Gasteiger partial charge is 0.237 e. The summed E-state index contributed by atoms with van der Waals surface area (Å²) >= 11 is 4.43. The standard InChI is InChI=1S/C25H46N6O4S.2H2S/c1-2-18-15-22(34-13-11-30-24(32)20(28)7-3-5-9-26)23(16-19(18)17-36)35-14-12-31-25(33)21(29)8-4-6-10-27;;/h15-16,20-21,36H,2-14,17,26-29H2,1H3,(H,30,32)(H,31,33);2*1H2/t20-,21-;;/m0../s1. The summed E-state index contributed by atoms with van der Waals surface area (Å²) in [6.07, 6.45) is 5.35. The molecule has 38 heavy (non-hydrogen) atoms. The zero-order valence-corrected chi connectivity index (χ0v) is 25.5. The molecule has 0 aliphatic rings. The maximum absolute atomic E-state index is 12.1. The van der Waals surface area contributed by atoms with Gasteiger partial charge >= 0.3 is 0 Å². The van der Waals surface area contributed by atoms with E-state index in [0.717, 1.165) is 43.2 Å². The highest BCUT2D eigenvalue weighted by atomic mass is 32.1. The number of rotatable bonds is 20. The van der Waals surface area contributed by atoms with Crippen molar-refractivity contribution in [1.29, 1.82) is 0 Å². The van der Waals surface area contributed by atoms with E-state index in [0.29, 0.717) is 56.3 Å². The minimum atomic E-state index is -0.556. The molecule has 0 aromatic heterocycles. The number of unbranched alkanes of at least 4 members (excludes halogenated alkanes) is 2. The van der Waals surface area contributed by atoms with Gasteiger partial charge in [0, 0.05) is 5.75 Å². The highest BCUT2D eigenvalue weighted by molar-refractivity contribution is 7.79. The van der Waals surface area contributed by atoms with Crippen molar-refractivity contribution in [3.05, 3.63) is 23.3 Å². The van der Waals surface area contributed by atoms with Crippen LogP contribution in [0.3, 0.4) is 0 Å². The van der Waals surface area contributed by atoms with Crippen molar-refractivity contribution in [3.8, 4) is 11.5 Å². The van der Waals surface area contributed by atoms with E-state index in [1.807, 2.05) is 12.1 Å². The molecule has 13 heteroatoms. The Balaban J connectivity index is 0. The van der Waals surface area contributed by atoms with Crippen LogP contribution in [0.2, 0.25) is 0 Å². The largest absolute Gasteiger partial charge is 0.488 e. The Bertz CT molecular complexity index is 729. The summed E-state index contributed by atoms with van der Waals surface area (Å²) in [5.41, 5.74) is 25.0. The van der Waals surface area contributed by atoms with Gasteiger partial charge < -0.3 is 43.0 Å². The molecule has 1 aromatic carbocycles. The molecular weight excluding hydrogens is 545 g/mol. The van der Waals surface area contributed by atoms with Gasteiger partial charge in [-0.2, -0.15) is 39.6 Å². The second kappa shape index (κ2) is 23.5. The Morgan fingerprint density at radius 1 is 0.816 bits per heavy atom. The quantitative estimate of drug-likeness (QED) is 0.0855. The van der Waals surface area contributed by atoms with Crippen molar-refractivity contribution in [3.63, 3.8) is 0 Å². The van der Waals surface area contributed by atoms with Gasteiger partial charge in [0.25, 0.3) is 0 Å². The Hall–Kier alpha value is -1.35. The number of benzene rings is 1. The average molecular weight is 595 g/mol. The normalized spacial score (nSPS) is 11.9. The van der Waals surface area contributed by atoms with Crippen molar-refractivity contribution in [2.75, 3.05) is 39.4 Å². The minimum absolute atomic E-state index is 0. The van der Waals surface area contributed by atoms with Crippen LogP contribution < -0.4 is 43.0 Å². The fraction of sp³-hybridized carbons (Fsp3) is 0.680. The summed E-state index contributed by atoms with van der Waals surface area (Å²) in [5.74, 6) is 1.28. The second-order valence-corrected chi connectivity index (χ2v) is 8.96. The first kappa shape index (κ1) is 38.8. The number of aryl methyl sites for hydroxylation is 1. The SMILES string of the molecule is CCc1cc(OCCNC(=O)[C@@H](N)CCCCN)c(OCCNC(=O)[C@@H](N)CCCCN)cc1CS.S.S. The fourth-order valence-electron chi connectivity index (χ4n) is 3.56. The van der Waals surface area contributed by atoms with Crippen LogP contribution in [0.25, 0.3) is 0 Å². The minimum Gasteiger partial charge on any atom is -0.488 e. The molecule has 0 radical (unpaired) electrons. The van der Waals surface area contributed by atoms with Gasteiger partial charge in [-0.05, 0) is 68.5 Å². The van der Waals surface area contributed by atoms with Crippen LogP contribution in [0, 0.1) is 0 Å². The number of ether oxygens (including phenoxy) is 2. The van der Waals surface area contributed by atoms with Crippen LogP contribution >= 0.6 is 39.6 Å². The number of nitrogens with two attached hydrogens (primary N) is 4. The lowest BCUT2D eigenvalue weighted by Crippen LogP contribution is -2.42. The van der Waals surface area contributed by atoms with Gasteiger partial charge in [0.05, 0.1) is 25.2 Å². The van der Waals surface area contributed by atoms with E-state index in [1.165, 1.54) is 0 Å². The third-order valence-corrected chi connectivity index (χ3v) is 6.09. The summed E-state index contributed by atoms with van der Waals surface area (Å²) in [6, 6.07) is 2.74. The third kappa shape index (κ3) is 15.3. The zero-order valence-electron chi connectivity index (χ0n) is 22.6. The maximum atomic E-state index is 12.1. The number of thiol groups is 1. The van der Waals surface area contributed by atoms with Crippen molar-refractivity contribution < 1.29 is 19.1 Å². The van der Waals surface area contributed by atoms with Gasteiger partial charge in [-0.25, -0.2) is 0 Å². The molecular formula is C25H50N6O4S3. The number of hydrogen-bond acceptors (Lipinski definition) is 9. The molecule has 1 rings (SSSR count). The van der Waals surface area contributed by atoms with Gasteiger partial charge in [-0.15, -0.1) is 0 Å². The predicted octanol–water partition coefficient (Wildman–Crippen LogP) is 0.807. The van der Waals surface area contributed by atoms with Crippen LogP contribution in [0.1, 0.15) is 56.6 Å². The van der Waals surface area contributed by atoms with Gasteiger partial charge in [0.1, 0.15) is 13.2 Å². The summed E-state index contributed by atoms with van der Waals surface area (Å²) in [5, 5.41) is 5.61. The lowest BCUT2D eigenvalue weighted by molar-refractivity contribution is -0.123. The van der Waals surface area contributed by atoms with E-state index in [4.69, 9.17) is 32.4 Å². The molecule has 0 saturated carbocycles. The summed E-state index contributed by atoms with van der Waals surface area (Å²) in [4.78, 5) is 24.3. The van der Waals surface area contributed by atoms with E-state index in [2.05, 4.69) is 30.2 Å². The molecule has 0 unspecified atom stereocenters. The molecule has 2 atom stereocenters. The lowest BCUT2D eigenvalue weighted by Gasteiger charge is -2.18. The average Bonchev–Trinajstić information content (AvgIpc) is 2.88. The molecule has 0 heterocycles. The molecule has 0 aliphatic heterocycles. The van der Waals surface area contributed by atoms with Crippen LogP contribution in [-0.4, -0.2) is 63.3 Å². The van der Waals surface area contributed by atoms with Crippen molar-refractivity contribution in [2.45, 2.75) is 69.7 Å². The van der Waals surface area contributed by atoms with Gasteiger partial charge in [-0.3, -0.25) is 9.59 Å². The molecule has 2 amide bonds. The Kier molecular flexibility index (Phi) is 24.0. The van der Waals surface area contributed by atoms with Crippen LogP contribution in [0.5, 0.6) is 11.5 Å². The molecule has 10 N–H and O–H groups in total. The Labute approximate surface area is 247 Å². The summed E-state index contributed by atoms with van der Waals surface area (Å²) in [6.45, 7) is 4.38. The van der Waals surface area contributed by atoms with E-state index in [-0.39, 0.29) is 52.0 Å². The molecule has 0 bridgehead atoms. The first-order chi connectivity index (χ1) is 17.4. The van der Waals surface area contributed by atoms with Crippen LogP contribution in [0.15, 0.2) is 12.1 Å². The maximum Gasteiger partial charge on any atom is 0.237 e. The number of amides is 2. The number of hydrogen-bond donors (Lipinski definition) is 7. The lowest BCUT2D eigenvalue weighted by atomic mass is 10.1. The van der Waals surface area contributed by atoms with Crippen molar-refractivity contribution in [1.82, 2.24) is 10.6 Å². The number of carbonyl (C=O) groups is 2. The first-order valence-corrected chi connectivity index (χ1v) is 13.5. The molecule has 0 saturated heterocycles. The van der Waals surface area contributed by atoms with E-state index in [9.17, 15) is 9.59 Å². The topological polar surface area (TPSA) is 181 Å². The monoisotopic (exact) mass is 594 g/mol. The van der Waals surface area contributed by atoms with E-state index >= 15 is 0 Å². The number of carbonyl (C=O) groups excluding carboxylic acids is 2. The molecule has 0 fully saturated rings. The molecule has 0 spiro atoms. The first-order valence-electron chi connectivity index (χ1n) is 12.9. The van der Waals surface area contributed by atoms with Crippen molar-refractivity contribution >= 4 is 51.4 Å². The molecule has 10 nitrogen and oxygen atoms in total. The molecule has 0 aliphatic carbocycles. The van der Waals surface area contributed by atoms with Gasteiger partial charge in [-0.1, -0.05) is 19.8 Å². The fourth-order valence-corrected chi connectivity index (χ4v) is 3.85. The summed E-state index contributed by atoms with van der Waals surface area (Å²) < 4.78 is 11.9. The highest BCUT2D eigenvalue weighted by Crippen LogP contribution is 2.32. The van der Waals surface area contributed by atoms with Gasteiger partial charge in [0.15, 0.2) is 11.5 Å². The van der Waals surface area contributed by atoms with Gasteiger partial charge in [0.2, 0.25) is 11.8 Å². The number of nitrogens with one attached hydrogen (secondary N) is 2. The van der Waals surface area contributed by atoms with Crippen LogP contribution in [-0.2, 0) is 21.8 Å². The van der Waals surface area contributed by atoms with Crippen LogP contribution in [0.4, 0.5) is 0 Å². The van der Waals surface area contributed by atoms with E-state index < -0.39 is 12.1 Å². The third-order valence-electron chi connectivity index (χ3n) is 5.75. The second-order valence-electron chi connectivity index (χ2n) is 8.64.